The Balaban J connectivity index is 1.77. The summed E-state index contributed by atoms with van der Waals surface area (Å²) < 4.78 is 1.90. The van der Waals surface area contributed by atoms with Crippen molar-refractivity contribution < 1.29 is 4.79 Å². The van der Waals surface area contributed by atoms with Crippen LogP contribution in [0.2, 0.25) is 0 Å². The van der Waals surface area contributed by atoms with Gasteiger partial charge in [0.15, 0.2) is 5.65 Å². The number of aryl methyl sites for hydroxylation is 3. The summed E-state index contributed by atoms with van der Waals surface area (Å²) in [6.07, 6.45) is 3.56. The van der Waals surface area contributed by atoms with E-state index in [1.54, 1.807) is 0 Å². The van der Waals surface area contributed by atoms with E-state index in [1.165, 1.54) is 0 Å². The fourth-order valence-corrected chi connectivity index (χ4v) is 3.97. The third-order valence-electron chi connectivity index (χ3n) is 5.26. The minimum atomic E-state index is 0.279. The summed E-state index contributed by atoms with van der Waals surface area (Å²) in [5.41, 5.74) is 5.11. The maximum Gasteiger partial charge on any atom is 0.223 e. The highest BCUT2D eigenvalue weighted by atomic mass is 16.2. The maximum absolute atomic E-state index is 12.7. The van der Waals surface area contributed by atoms with E-state index in [9.17, 15) is 4.79 Å². The Labute approximate surface area is 144 Å². The zero-order valence-electron chi connectivity index (χ0n) is 15.5. The molecule has 2 aromatic rings. The molecule has 130 valence electrons. The molecule has 1 atom stereocenters. The molecule has 5 heteroatoms. The van der Waals surface area contributed by atoms with Gasteiger partial charge >= 0.3 is 0 Å². The average molecular weight is 328 g/mol. The smallest absolute Gasteiger partial charge is 0.223 e. The number of amides is 1. The van der Waals surface area contributed by atoms with Crippen LogP contribution in [0, 0.1) is 26.7 Å². The van der Waals surface area contributed by atoms with Gasteiger partial charge in [0.25, 0.3) is 0 Å². The molecule has 1 saturated heterocycles. The van der Waals surface area contributed by atoms with Crippen molar-refractivity contribution in [1.82, 2.24) is 19.5 Å². The lowest BCUT2D eigenvalue weighted by molar-refractivity contribution is -0.132. The van der Waals surface area contributed by atoms with E-state index in [0.717, 1.165) is 54.1 Å². The number of carbonyl (C=O) groups excluding carboxylic acids is 1. The molecule has 5 nitrogen and oxygen atoms in total. The Morgan fingerprint density at radius 2 is 2.08 bits per heavy atom. The van der Waals surface area contributed by atoms with Crippen LogP contribution in [0.25, 0.3) is 5.65 Å². The van der Waals surface area contributed by atoms with E-state index < -0.39 is 0 Å². The first-order valence-electron chi connectivity index (χ1n) is 9.00. The van der Waals surface area contributed by atoms with Gasteiger partial charge in [-0.3, -0.25) is 4.79 Å². The van der Waals surface area contributed by atoms with Gasteiger partial charge in [0, 0.05) is 36.5 Å². The van der Waals surface area contributed by atoms with Gasteiger partial charge in [0.05, 0.1) is 5.69 Å². The molecular formula is C19H28N4O. The molecule has 1 aliphatic heterocycles. The number of fused-ring (bicyclic) bond motifs is 1. The van der Waals surface area contributed by atoms with E-state index in [0.29, 0.717) is 18.4 Å². The second-order valence-corrected chi connectivity index (χ2v) is 7.36. The molecule has 1 amide bonds. The van der Waals surface area contributed by atoms with Crippen LogP contribution in [0.15, 0.2) is 6.07 Å². The first-order valence-corrected chi connectivity index (χ1v) is 9.00. The van der Waals surface area contributed by atoms with Crippen LogP contribution in [-0.4, -0.2) is 38.0 Å². The maximum atomic E-state index is 12.7. The SMILES string of the molecule is Cc1cc2nc(C)c(CCC(=O)N3CCC[C@H]3C(C)C)c(C)n2n1. The van der Waals surface area contributed by atoms with E-state index in [4.69, 9.17) is 0 Å². The summed E-state index contributed by atoms with van der Waals surface area (Å²) in [6, 6.07) is 2.40. The van der Waals surface area contributed by atoms with Crippen LogP contribution >= 0.6 is 0 Å². The van der Waals surface area contributed by atoms with Crippen LogP contribution < -0.4 is 0 Å². The Bertz CT molecular complexity index is 762. The molecular weight excluding hydrogens is 300 g/mol. The van der Waals surface area contributed by atoms with Crippen molar-refractivity contribution in [2.75, 3.05) is 6.54 Å². The summed E-state index contributed by atoms with van der Waals surface area (Å²) in [7, 11) is 0. The van der Waals surface area contributed by atoms with E-state index >= 15 is 0 Å². The van der Waals surface area contributed by atoms with Crippen LogP contribution in [0.1, 0.15) is 55.8 Å². The zero-order valence-corrected chi connectivity index (χ0v) is 15.5. The molecule has 0 saturated carbocycles. The van der Waals surface area contributed by atoms with Crippen molar-refractivity contribution >= 4 is 11.6 Å². The highest BCUT2D eigenvalue weighted by molar-refractivity contribution is 5.77. The van der Waals surface area contributed by atoms with Gasteiger partial charge in [-0.05, 0) is 51.5 Å². The predicted octanol–water partition coefficient (Wildman–Crippen LogP) is 3.23. The second kappa shape index (κ2) is 6.54. The van der Waals surface area contributed by atoms with Crippen molar-refractivity contribution in [3.63, 3.8) is 0 Å². The minimum absolute atomic E-state index is 0.279. The van der Waals surface area contributed by atoms with Crippen molar-refractivity contribution in [3.8, 4) is 0 Å². The molecule has 2 aromatic heterocycles. The highest BCUT2D eigenvalue weighted by Crippen LogP contribution is 2.25. The topological polar surface area (TPSA) is 50.5 Å². The van der Waals surface area contributed by atoms with Gasteiger partial charge in [0.2, 0.25) is 5.91 Å². The lowest BCUT2D eigenvalue weighted by atomic mass is 10.0. The fraction of sp³-hybridized carbons (Fsp3) is 0.632. The van der Waals surface area contributed by atoms with Crippen molar-refractivity contribution in [2.45, 2.75) is 66.3 Å². The number of carbonyl (C=O) groups is 1. The van der Waals surface area contributed by atoms with Gasteiger partial charge < -0.3 is 4.90 Å². The second-order valence-electron chi connectivity index (χ2n) is 7.36. The summed E-state index contributed by atoms with van der Waals surface area (Å²) in [4.78, 5) is 19.5. The Hall–Kier alpha value is -1.91. The first-order chi connectivity index (χ1) is 11.4. The molecule has 24 heavy (non-hydrogen) atoms. The summed E-state index contributed by atoms with van der Waals surface area (Å²) in [5.74, 6) is 0.812. The molecule has 0 bridgehead atoms. The van der Waals surface area contributed by atoms with Gasteiger partial charge in [0.1, 0.15) is 0 Å². The molecule has 0 unspecified atom stereocenters. The highest BCUT2D eigenvalue weighted by Gasteiger charge is 2.30. The van der Waals surface area contributed by atoms with E-state index in [2.05, 4.69) is 35.8 Å². The third kappa shape index (κ3) is 3.04. The molecule has 0 aliphatic carbocycles. The third-order valence-corrected chi connectivity index (χ3v) is 5.26. The Morgan fingerprint density at radius 1 is 1.33 bits per heavy atom. The minimum Gasteiger partial charge on any atom is -0.339 e. The molecule has 0 spiro atoms. The number of nitrogens with zero attached hydrogens (tertiary/aromatic N) is 4. The van der Waals surface area contributed by atoms with Crippen LogP contribution in [0.4, 0.5) is 0 Å². The largest absolute Gasteiger partial charge is 0.339 e. The van der Waals surface area contributed by atoms with Crippen molar-refractivity contribution in [3.05, 3.63) is 28.7 Å². The molecule has 3 rings (SSSR count). The molecule has 1 fully saturated rings. The molecule has 0 aromatic carbocycles. The van der Waals surface area contributed by atoms with Crippen molar-refractivity contribution in [2.24, 2.45) is 5.92 Å². The van der Waals surface area contributed by atoms with Crippen LogP contribution in [-0.2, 0) is 11.2 Å². The number of hydrogen-bond acceptors (Lipinski definition) is 3. The monoisotopic (exact) mass is 328 g/mol. The Kier molecular flexibility index (Phi) is 4.61. The fourth-order valence-electron chi connectivity index (χ4n) is 3.97. The average Bonchev–Trinajstić information content (AvgIpc) is 3.13. The lowest BCUT2D eigenvalue weighted by Gasteiger charge is -2.28. The van der Waals surface area contributed by atoms with Gasteiger partial charge in [-0.15, -0.1) is 0 Å². The Morgan fingerprint density at radius 3 is 2.79 bits per heavy atom. The normalized spacial score (nSPS) is 18.1. The van der Waals surface area contributed by atoms with E-state index in [-0.39, 0.29) is 5.91 Å². The molecule has 1 aliphatic rings. The lowest BCUT2D eigenvalue weighted by Crippen LogP contribution is -2.38. The molecule has 0 radical (unpaired) electrons. The van der Waals surface area contributed by atoms with Gasteiger partial charge in [-0.2, -0.15) is 5.10 Å². The zero-order chi connectivity index (χ0) is 17.4. The number of likely N-dealkylation sites (tertiary alicyclic amines) is 1. The molecule has 0 N–H and O–H groups in total. The van der Waals surface area contributed by atoms with Crippen LogP contribution in [0.3, 0.4) is 0 Å². The quantitative estimate of drug-likeness (QED) is 0.866. The molecule has 3 heterocycles. The number of rotatable bonds is 4. The summed E-state index contributed by atoms with van der Waals surface area (Å²) in [5, 5.41) is 4.51. The van der Waals surface area contributed by atoms with E-state index in [1.807, 2.05) is 24.4 Å². The van der Waals surface area contributed by atoms with Crippen molar-refractivity contribution in [1.29, 1.82) is 0 Å². The number of aromatic nitrogens is 3. The van der Waals surface area contributed by atoms with Gasteiger partial charge in [-0.25, -0.2) is 9.50 Å². The number of hydrogen-bond donors (Lipinski definition) is 0. The predicted molar refractivity (Wildman–Crippen MR) is 95.1 cm³/mol. The summed E-state index contributed by atoms with van der Waals surface area (Å²) in [6.45, 7) is 11.4. The van der Waals surface area contributed by atoms with Crippen LogP contribution in [0.5, 0.6) is 0 Å². The summed E-state index contributed by atoms with van der Waals surface area (Å²) >= 11 is 0. The standard InChI is InChI=1S/C19H28N4O/c1-12(2)17-7-6-10-22(17)19(24)9-8-16-14(4)20-18-11-13(3)21-23(18)15(16)5/h11-12,17H,6-10H2,1-5H3/t17-/m0/s1. The van der Waals surface area contributed by atoms with Gasteiger partial charge in [-0.1, -0.05) is 13.8 Å². The first kappa shape index (κ1) is 16.9.